The summed E-state index contributed by atoms with van der Waals surface area (Å²) in [6.45, 7) is 6.05. The van der Waals surface area contributed by atoms with E-state index in [9.17, 15) is 4.79 Å². The molecular formula is C13H16N2O. The second-order valence-corrected chi connectivity index (χ2v) is 3.72. The minimum absolute atomic E-state index is 0.0908. The van der Waals surface area contributed by atoms with E-state index < -0.39 is 0 Å². The maximum absolute atomic E-state index is 11.3. The zero-order chi connectivity index (χ0) is 11.7. The Hall–Kier alpha value is -1.77. The Morgan fingerprint density at radius 2 is 2.00 bits per heavy atom. The number of fused-ring (bicyclic) bond motifs is 3. The lowest BCUT2D eigenvalue weighted by atomic mass is 10.1. The van der Waals surface area contributed by atoms with Gasteiger partial charge in [0, 0.05) is 17.1 Å². The number of aromatic amines is 1. The summed E-state index contributed by atoms with van der Waals surface area (Å²) in [5.41, 5.74) is 4.36. The lowest BCUT2D eigenvalue weighted by Gasteiger charge is -2.01. The molecule has 0 unspecified atom stereocenters. The molecule has 1 aromatic heterocycles. The molecule has 2 heterocycles. The summed E-state index contributed by atoms with van der Waals surface area (Å²) < 4.78 is 0. The molecular weight excluding hydrogens is 200 g/mol. The van der Waals surface area contributed by atoms with E-state index in [-0.39, 0.29) is 5.91 Å². The Morgan fingerprint density at radius 1 is 1.25 bits per heavy atom. The molecule has 0 fully saturated rings. The molecule has 0 atom stereocenters. The lowest BCUT2D eigenvalue weighted by molar-refractivity contribution is -0.115. The number of benzene rings is 1. The number of carbonyl (C=O) groups excluding carboxylic acids is 1. The van der Waals surface area contributed by atoms with Gasteiger partial charge in [-0.2, -0.15) is 0 Å². The largest absolute Gasteiger partial charge is 0.361 e. The molecule has 0 aliphatic carbocycles. The quantitative estimate of drug-likeness (QED) is 0.698. The van der Waals surface area contributed by atoms with Crippen LogP contribution in [0.25, 0.3) is 10.9 Å². The van der Waals surface area contributed by atoms with E-state index in [4.69, 9.17) is 0 Å². The van der Waals surface area contributed by atoms with Gasteiger partial charge in [-0.25, -0.2) is 0 Å². The van der Waals surface area contributed by atoms with Crippen molar-refractivity contribution in [1.29, 1.82) is 0 Å². The van der Waals surface area contributed by atoms with Crippen LogP contribution in [0.15, 0.2) is 18.3 Å². The molecule has 2 aromatic rings. The van der Waals surface area contributed by atoms with Crippen LogP contribution in [-0.4, -0.2) is 10.9 Å². The number of hydrogen-bond acceptors (Lipinski definition) is 1. The van der Waals surface area contributed by atoms with Crippen LogP contribution in [0.4, 0.5) is 5.69 Å². The molecule has 84 valence electrons. The van der Waals surface area contributed by atoms with Gasteiger partial charge < -0.3 is 10.3 Å². The monoisotopic (exact) mass is 216 g/mol. The van der Waals surface area contributed by atoms with Crippen LogP contribution in [0, 0.1) is 6.92 Å². The molecule has 1 aromatic carbocycles. The molecule has 0 radical (unpaired) electrons. The van der Waals surface area contributed by atoms with E-state index in [1.807, 2.05) is 39.1 Å². The minimum atomic E-state index is 0.0908. The summed E-state index contributed by atoms with van der Waals surface area (Å²) in [5.74, 6) is 0.0908. The average Bonchev–Trinajstić information content (AvgIpc) is 2.83. The zero-order valence-electron chi connectivity index (χ0n) is 9.85. The van der Waals surface area contributed by atoms with E-state index in [1.165, 1.54) is 5.56 Å². The fourth-order valence-electron chi connectivity index (χ4n) is 2.08. The number of H-pyrrole nitrogens is 1. The number of hydrogen-bond donors (Lipinski definition) is 2. The molecule has 1 amide bonds. The fourth-order valence-corrected chi connectivity index (χ4v) is 2.08. The molecule has 0 bridgehead atoms. The van der Waals surface area contributed by atoms with Gasteiger partial charge in [0.1, 0.15) is 0 Å². The molecule has 3 nitrogen and oxygen atoms in total. The Kier molecular flexibility index (Phi) is 2.69. The maximum Gasteiger partial charge on any atom is 0.228 e. The summed E-state index contributed by atoms with van der Waals surface area (Å²) >= 11 is 0. The van der Waals surface area contributed by atoms with Crippen LogP contribution < -0.4 is 5.32 Å². The molecule has 3 rings (SSSR count). The Morgan fingerprint density at radius 3 is 2.75 bits per heavy atom. The highest BCUT2D eigenvalue weighted by Gasteiger charge is 2.20. The molecule has 0 spiro atoms. The predicted octanol–water partition coefficient (Wildman–Crippen LogP) is 3.00. The smallest absolute Gasteiger partial charge is 0.228 e. The van der Waals surface area contributed by atoms with Crippen LogP contribution in [0.1, 0.15) is 25.0 Å². The van der Waals surface area contributed by atoms with Crippen LogP contribution in [0.5, 0.6) is 0 Å². The second-order valence-electron chi connectivity index (χ2n) is 3.72. The summed E-state index contributed by atoms with van der Waals surface area (Å²) in [5, 5.41) is 4.06. The van der Waals surface area contributed by atoms with Gasteiger partial charge in [0.05, 0.1) is 12.1 Å². The Labute approximate surface area is 94.9 Å². The Bertz CT molecular complexity index is 540. The molecule has 2 N–H and O–H groups in total. The van der Waals surface area contributed by atoms with Crippen molar-refractivity contribution < 1.29 is 4.79 Å². The van der Waals surface area contributed by atoms with Crippen LogP contribution in [-0.2, 0) is 11.2 Å². The summed E-state index contributed by atoms with van der Waals surface area (Å²) in [6, 6.07) is 4.03. The van der Waals surface area contributed by atoms with Crippen molar-refractivity contribution in [1.82, 2.24) is 4.98 Å². The van der Waals surface area contributed by atoms with Crippen molar-refractivity contribution in [3.05, 3.63) is 29.5 Å². The van der Waals surface area contributed by atoms with E-state index >= 15 is 0 Å². The number of nitrogens with one attached hydrogen (secondary N) is 2. The molecule has 16 heavy (non-hydrogen) atoms. The molecule has 1 aliphatic rings. The number of rotatable bonds is 0. The third-order valence-corrected chi connectivity index (χ3v) is 2.75. The van der Waals surface area contributed by atoms with Crippen molar-refractivity contribution >= 4 is 22.5 Å². The first-order chi connectivity index (χ1) is 7.75. The number of anilines is 1. The van der Waals surface area contributed by atoms with Gasteiger partial charge in [-0.15, -0.1) is 0 Å². The van der Waals surface area contributed by atoms with Gasteiger partial charge in [-0.05, 0) is 24.1 Å². The molecule has 1 aliphatic heterocycles. The number of aryl methyl sites for hydroxylation is 1. The first-order valence-electron chi connectivity index (χ1n) is 5.65. The lowest BCUT2D eigenvalue weighted by Crippen LogP contribution is -2.03. The highest BCUT2D eigenvalue weighted by molar-refractivity contribution is 6.09. The van der Waals surface area contributed by atoms with E-state index in [2.05, 4.69) is 10.3 Å². The summed E-state index contributed by atoms with van der Waals surface area (Å²) in [7, 11) is 0. The third kappa shape index (κ3) is 1.48. The van der Waals surface area contributed by atoms with Gasteiger partial charge in [-0.1, -0.05) is 19.9 Å². The van der Waals surface area contributed by atoms with E-state index in [1.54, 1.807) is 0 Å². The van der Waals surface area contributed by atoms with Crippen molar-refractivity contribution in [3.8, 4) is 0 Å². The normalized spacial score (nSPS) is 13.1. The SMILES string of the molecule is CC.Cc1c[nH]c2ccc3c(c12)NC(=O)C3. The van der Waals surface area contributed by atoms with E-state index in [0.29, 0.717) is 6.42 Å². The topological polar surface area (TPSA) is 44.9 Å². The van der Waals surface area contributed by atoms with Gasteiger partial charge in [0.15, 0.2) is 0 Å². The predicted molar refractivity (Wildman–Crippen MR) is 66.7 cm³/mol. The van der Waals surface area contributed by atoms with Crippen molar-refractivity contribution in [2.75, 3.05) is 5.32 Å². The van der Waals surface area contributed by atoms with Crippen LogP contribution in [0.2, 0.25) is 0 Å². The standard InChI is InChI=1S/C11H10N2O.C2H6/c1-6-5-12-8-3-2-7-4-9(14)13-11(7)10(6)8;1-2/h2-3,5,12H,4H2,1H3,(H,13,14);1-2H3. The van der Waals surface area contributed by atoms with Gasteiger partial charge in [0.25, 0.3) is 0 Å². The number of carbonyl (C=O) groups is 1. The highest BCUT2D eigenvalue weighted by Crippen LogP contribution is 2.33. The van der Waals surface area contributed by atoms with Crippen molar-refractivity contribution in [2.45, 2.75) is 27.2 Å². The van der Waals surface area contributed by atoms with Crippen molar-refractivity contribution in [3.63, 3.8) is 0 Å². The van der Waals surface area contributed by atoms with Crippen molar-refractivity contribution in [2.24, 2.45) is 0 Å². The average molecular weight is 216 g/mol. The molecule has 0 saturated heterocycles. The zero-order valence-corrected chi connectivity index (χ0v) is 9.85. The second kappa shape index (κ2) is 4.00. The van der Waals surface area contributed by atoms with Gasteiger partial charge in [0.2, 0.25) is 5.91 Å². The maximum atomic E-state index is 11.3. The summed E-state index contributed by atoms with van der Waals surface area (Å²) in [6.07, 6.45) is 2.48. The minimum Gasteiger partial charge on any atom is -0.361 e. The highest BCUT2D eigenvalue weighted by atomic mass is 16.1. The Balaban J connectivity index is 0.000000457. The third-order valence-electron chi connectivity index (χ3n) is 2.75. The first-order valence-corrected chi connectivity index (χ1v) is 5.65. The van der Waals surface area contributed by atoms with Crippen LogP contribution >= 0.6 is 0 Å². The van der Waals surface area contributed by atoms with Crippen LogP contribution in [0.3, 0.4) is 0 Å². The first kappa shape index (κ1) is 10.7. The molecule has 0 saturated carbocycles. The van der Waals surface area contributed by atoms with E-state index in [0.717, 1.165) is 22.2 Å². The number of aromatic nitrogens is 1. The fraction of sp³-hybridized carbons (Fsp3) is 0.308. The molecule has 3 heteroatoms. The summed E-state index contributed by atoms with van der Waals surface area (Å²) in [4.78, 5) is 14.4. The van der Waals surface area contributed by atoms with Gasteiger partial charge >= 0.3 is 0 Å². The van der Waals surface area contributed by atoms with Gasteiger partial charge in [-0.3, -0.25) is 4.79 Å². The number of amides is 1.